The molecule has 0 saturated carbocycles. The van der Waals surface area contributed by atoms with Crippen molar-refractivity contribution in [3.63, 3.8) is 0 Å². The minimum atomic E-state index is -3.13. The van der Waals surface area contributed by atoms with Gasteiger partial charge in [-0.15, -0.1) is 0 Å². The van der Waals surface area contributed by atoms with Crippen LogP contribution in [0.1, 0.15) is 37.8 Å². The summed E-state index contributed by atoms with van der Waals surface area (Å²) in [6.45, 7) is 4.59. The van der Waals surface area contributed by atoms with Crippen LogP contribution in [0.4, 0.5) is 0 Å². The largest absolute Gasteiger partial charge is 0.356 e. The van der Waals surface area contributed by atoms with Gasteiger partial charge in [-0.25, -0.2) is 13.1 Å². The van der Waals surface area contributed by atoms with Gasteiger partial charge in [0.2, 0.25) is 10.0 Å². The van der Waals surface area contributed by atoms with Crippen LogP contribution >= 0.6 is 11.6 Å². The second-order valence-electron chi connectivity index (χ2n) is 7.41. The van der Waals surface area contributed by atoms with Crippen molar-refractivity contribution in [2.24, 2.45) is 10.9 Å². The van der Waals surface area contributed by atoms with Crippen molar-refractivity contribution in [2.75, 3.05) is 46.0 Å². The fourth-order valence-electron chi connectivity index (χ4n) is 3.76. The molecule has 1 heterocycles. The Morgan fingerprint density at radius 3 is 2.79 bits per heavy atom. The van der Waals surface area contributed by atoms with E-state index in [4.69, 9.17) is 11.6 Å². The maximum Gasteiger partial charge on any atom is 0.211 e. The Bertz CT molecular complexity index is 772. The van der Waals surface area contributed by atoms with Gasteiger partial charge < -0.3 is 10.6 Å². The number of benzene rings is 1. The van der Waals surface area contributed by atoms with Gasteiger partial charge in [0.1, 0.15) is 0 Å². The van der Waals surface area contributed by atoms with E-state index in [1.165, 1.54) is 12.0 Å². The van der Waals surface area contributed by atoms with Crippen molar-refractivity contribution in [1.29, 1.82) is 0 Å². The van der Waals surface area contributed by atoms with Crippen LogP contribution in [0.3, 0.4) is 0 Å². The lowest BCUT2D eigenvalue weighted by atomic mass is 9.85. The third kappa shape index (κ3) is 7.77. The number of nitrogens with zero attached hydrogens (tertiary/aromatic N) is 2. The van der Waals surface area contributed by atoms with E-state index in [2.05, 4.69) is 44.4 Å². The molecule has 3 N–H and O–H groups in total. The lowest BCUT2D eigenvalue weighted by Crippen LogP contribution is -2.45. The van der Waals surface area contributed by atoms with Crippen molar-refractivity contribution in [3.05, 3.63) is 34.9 Å². The topological polar surface area (TPSA) is 85.8 Å². The van der Waals surface area contributed by atoms with Gasteiger partial charge in [-0.1, -0.05) is 23.7 Å². The van der Waals surface area contributed by atoms with E-state index in [1.54, 1.807) is 14.0 Å². The standard InChI is InChI=1S/C20H34ClN5O2S/c1-4-29(27,28)25-12-7-11-23-20(22-2)24-15-17-9-6-13-26(3)19(17)16-8-5-10-18(21)14-16/h5,8,10,14,17,19,25H,4,6-7,9,11-13,15H2,1-3H3,(H2,22,23,24). The van der Waals surface area contributed by atoms with Crippen molar-refractivity contribution in [3.8, 4) is 0 Å². The maximum absolute atomic E-state index is 11.4. The van der Waals surface area contributed by atoms with Gasteiger partial charge in [0.25, 0.3) is 0 Å². The van der Waals surface area contributed by atoms with Crippen LogP contribution in [0, 0.1) is 5.92 Å². The predicted molar refractivity (Wildman–Crippen MR) is 121 cm³/mol. The summed E-state index contributed by atoms with van der Waals surface area (Å²) in [5.41, 5.74) is 1.25. The lowest BCUT2D eigenvalue weighted by Gasteiger charge is -2.40. The number of aliphatic imine (C=N–C) groups is 1. The molecule has 0 aliphatic carbocycles. The van der Waals surface area contributed by atoms with Crippen LogP contribution in [-0.2, 0) is 10.0 Å². The molecule has 0 radical (unpaired) electrons. The number of rotatable bonds is 9. The molecule has 9 heteroatoms. The predicted octanol–water partition coefficient (Wildman–Crippen LogP) is 2.22. The van der Waals surface area contributed by atoms with E-state index in [0.717, 1.165) is 30.5 Å². The van der Waals surface area contributed by atoms with E-state index < -0.39 is 10.0 Å². The first kappa shape index (κ1) is 23.9. The molecule has 164 valence electrons. The molecule has 1 aliphatic rings. The SMILES string of the molecule is CCS(=O)(=O)NCCCNC(=NC)NCC1CCCN(C)C1c1cccc(Cl)c1. The molecular formula is C20H34ClN5O2S. The van der Waals surface area contributed by atoms with Crippen molar-refractivity contribution < 1.29 is 8.42 Å². The summed E-state index contributed by atoms with van der Waals surface area (Å²) in [6, 6.07) is 8.45. The highest BCUT2D eigenvalue weighted by Gasteiger charge is 2.30. The zero-order valence-electron chi connectivity index (χ0n) is 17.6. The van der Waals surface area contributed by atoms with Crippen LogP contribution in [0.2, 0.25) is 5.02 Å². The van der Waals surface area contributed by atoms with Crippen molar-refractivity contribution in [1.82, 2.24) is 20.3 Å². The van der Waals surface area contributed by atoms with Crippen LogP contribution in [0.15, 0.2) is 29.3 Å². The molecule has 1 aliphatic heterocycles. The molecular weight excluding hydrogens is 410 g/mol. The molecule has 0 aromatic heterocycles. The minimum absolute atomic E-state index is 0.104. The average molecular weight is 444 g/mol. The summed E-state index contributed by atoms with van der Waals surface area (Å²) >= 11 is 6.22. The Hall–Kier alpha value is -1.35. The molecule has 2 rings (SSSR count). The van der Waals surface area contributed by atoms with E-state index in [1.807, 2.05) is 12.1 Å². The molecule has 0 bridgehead atoms. The second kappa shape index (κ2) is 11.7. The van der Waals surface area contributed by atoms with E-state index in [9.17, 15) is 8.42 Å². The Balaban J connectivity index is 1.85. The fraction of sp³-hybridized carbons (Fsp3) is 0.650. The molecule has 2 unspecified atom stereocenters. The van der Waals surface area contributed by atoms with E-state index in [-0.39, 0.29) is 5.75 Å². The van der Waals surface area contributed by atoms with Gasteiger partial charge >= 0.3 is 0 Å². The van der Waals surface area contributed by atoms with Gasteiger partial charge in [0, 0.05) is 37.7 Å². The Kier molecular flexibility index (Phi) is 9.68. The van der Waals surface area contributed by atoms with Gasteiger partial charge in [0.05, 0.1) is 5.75 Å². The second-order valence-corrected chi connectivity index (χ2v) is 9.95. The molecule has 2 atom stereocenters. The zero-order valence-corrected chi connectivity index (χ0v) is 19.2. The third-order valence-electron chi connectivity index (χ3n) is 5.30. The fourth-order valence-corrected chi connectivity index (χ4v) is 4.62. The zero-order chi connectivity index (χ0) is 21.3. The molecule has 1 saturated heterocycles. The van der Waals surface area contributed by atoms with Crippen LogP contribution in [-0.4, -0.2) is 65.3 Å². The first-order valence-corrected chi connectivity index (χ1v) is 12.3. The Labute approximate surface area is 180 Å². The van der Waals surface area contributed by atoms with E-state index in [0.29, 0.717) is 31.5 Å². The number of piperidine rings is 1. The number of hydrogen-bond acceptors (Lipinski definition) is 4. The monoisotopic (exact) mass is 443 g/mol. The number of hydrogen-bond donors (Lipinski definition) is 3. The van der Waals surface area contributed by atoms with Gasteiger partial charge in [-0.05, 0) is 63.4 Å². The molecule has 0 amide bonds. The average Bonchev–Trinajstić information content (AvgIpc) is 2.70. The number of nitrogens with one attached hydrogen (secondary N) is 3. The quantitative estimate of drug-likeness (QED) is 0.309. The summed E-state index contributed by atoms with van der Waals surface area (Å²) < 4.78 is 25.5. The molecule has 0 spiro atoms. The van der Waals surface area contributed by atoms with Gasteiger partial charge in [-0.3, -0.25) is 9.89 Å². The molecule has 1 fully saturated rings. The smallest absolute Gasteiger partial charge is 0.211 e. The van der Waals surface area contributed by atoms with Gasteiger partial charge in [0.15, 0.2) is 5.96 Å². The lowest BCUT2D eigenvalue weighted by molar-refractivity contribution is 0.122. The van der Waals surface area contributed by atoms with Crippen LogP contribution < -0.4 is 15.4 Å². The van der Waals surface area contributed by atoms with Crippen LogP contribution in [0.25, 0.3) is 0 Å². The summed E-state index contributed by atoms with van der Waals surface area (Å²) in [5, 5.41) is 7.46. The molecule has 7 nitrogen and oxygen atoms in total. The first-order valence-electron chi connectivity index (χ1n) is 10.2. The maximum atomic E-state index is 11.4. The number of guanidine groups is 1. The van der Waals surface area contributed by atoms with E-state index >= 15 is 0 Å². The summed E-state index contributed by atoms with van der Waals surface area (Å²) in [4.78, 5) is 6.69. The third-order valence-corrected chi connectivity index (χ3v) is 6.94. The molecule has 29 heavy (non-hydrogen) atoms. The van der Waals surface area contributed by atoms with Gasteiger partial charge in [-0.2, -0.15) is 0 Å². The minimum Gasteiger partial charge on any atom is -0.356 e. The highest BCUT2D eigenvalue weighted by atomic mass is 35.5. The van der Waals surface area contributed by atoms with Crippen molar-refractivity contribution in [2.45, 2.75) is 32.2 Å². The summed E-state index contributed by atoms with van der Waals surface area (Å²) in [7, 11) is 0.786. The summed E-state index contributed by atoms with van der Waals surface area (Å²) in [6.07, 6.45) is 3.01. The number of halogens is 1. The normalized spacial score (nSPS) is 21.2. The highest BCUT2D eigenvalue weighted by Crippen LogP contribution is 2.35. The van der Waals surface area contributed by atoms with Crippen molar-refractivity contribution >= 4 is 27.6 Å². The Morgan fingerprint density at radius 1 is 1.31 bits per heavy atom. The highest BCUT2D eigenvalue weighted by molar-refractivity contribution is 7.89. The van der Waals surface area contributed by atoms with Crippen LogP contribution in [0.5, 0.6) is 0 Å². The molecule has 1 aromatic carbocycles. The number of likely N-dealkylation sites (tertiary alicyclic amines) is 1. The Morgan fingerprint density at radius 2 is 2.10 bits per heavy atom. The molecule has 1 aromatic rings. The summed E-state index contributed by atoms with van der Waals surface area (Å²) in [5.74, 6) is 1.29. The number of sulfonamides is 1. The first-order chi connectivity index (χ1) is 13.9.